The van der Waals surface area contributed by atoms with Gasteiger partial charge in [0.05, 0.1) is 6.61 Å². The molecule has 1 fully saturated rings. The highest BCUT2D eigenvalue weighted by Crippen LogP contribution is 2.47. The minimum atomic E-state index is -5.15. The van der Waals surface area contributed by atoms with Crippen molar-refractivity contribution in [3.8, 4) is 0 Å². The highest BCUT2D eigenvalue weighted by atomic mass is 31.2. The van der Waals surface area contributed by atoms with Gasteiger partial charge < -0.3 is 39.9 Å². The Hall–Kier alpha value is -3.23. The van der Waals surface area contributed by atoms with Crippen LogP contribution in [0.15, 0.2) is 97.2 Å². The van der Waals surface area contributed by atoms with Gasteiger partial charge in [0.15, 0.2) is 6.10 Å². The molecule has 1 aliphatic carbocycles. The number of aliphatic hydroxyl groups is 5. The lowest BCUT2D eigenvalue weighted by Crippen LogP contribution is -2.64. The maximum atomic E-state index is 12.8. The molecule has 358 valence electrons. The largest absolute Gasteiger partial charge is 0.472 e. The summed E-state index contributed by atoms with van der Waals surface area (Å²) in [7, 11) is -5.15. The van der Waals surface area contributed by atoms with Gasteiger partial charge in [-0.2, -0.15) is 0 Å². The summed E-state index contributed by atoms with van der Waals surface area (Å²) < 4.78 is 33.4. The average Bonchev–Trinajstić information content (AvgIpc) is 3.26. The Bertz CT molecular complexity index is 1470. The fourth-order valence-electron chi connectivity index (χ4n) is 6.22. The Kier molecular flexibility index (Phi) is 34.9. The maximum absolute atomic E-state index is 12.8. The van der Waals surface area contributed by atoms with Gasteiger partial charge >= 0.3 is 19.8 Å². The van der Waals surface area contributed by atoms with E-state index < -0.39 is 75.7 Å². The first-order valence-corrected chi connectivity index (χ1v) is 24.5. The van der Waals surface area contributed by atoms with Gasteiger partial charge in [0.1, 0.15) is 43.2 Å². The molecule has 8 atom stereocenters. The predicted octanol–water partition coefficient (Wildman–Crippen LogP) is 9.05. The van der Waals surface area contributed by atoms with Crippen molar-refractivity contribution in [1.82, 2.24) is 0 Å². The molecular weight excluding hydrogens is 828 g/mol. The van der Waals surface area contributed by atoms with Gasteiger partial charge in [0.2, 0.25) is 0 Å². The molecule has 0 aliphatic heterocycles. The third-order valence-electron chi connectivity index (χ3n) is 9.92. The van der Waals surface area contributed by atoms with Crippen LogP contribution in [-0.2, 0) is 32.7 Å². The standard InChI is InChI=1S/C49H79O13P/c1-3-5-7-9-11-13-15-17-19-20-21-22-24-26-28-30-32-34-36-38-43(51)61-41(40-60-63(57,58)62-49-47(55)45(53)44(52)46(54)48(49)56)39-59-42(50)37-35-33-31-29-27-25-23-18-16-14-12-10-8-6-4-2/h5,7,11,13,17-19,21-23,26-29,32,34,41,44-49,52-56H,3-4,6,8-10,12,14-16,20,24-25,30-31,33,35-40H2,1-2H3,(H,57,58)/b7-5+,13-11+,19-17+,22-21+,23-18+,28-26+,29-27+,34-32+/t41-,44?,45-,46?,47?,48?,49?/m1/s1. The van der Waals surface area contributed by atoms with Crippen LogP contribution < -0.4 is 0 Å². The lowest BCUT2D eigenvalue weighted by molar-refractivity contribution is -0.220. The average molecular weight is 907 g/mol. The number of allylic oxidation sites excluding steroid dienone is 16. The van der Waals surface area contributed by atoms with Crippen LogP contribution in [0.2, 0.25) is 0 Å². The number of aliphatic hydroxyl groups excluding tert-OH is 5. The fourth-order valence-corrected chi connectivity index (χ4v) is 7.20. The number of carbonyl (C=O) groups excluding carboxylic acids is 2. The molecule has 0 saturated heterocycles. The summed E-state index contributed by atoms with van der Waals surface area (Å²) in [5.74, 6) is -1.25. The zero-order valence-electron chi connectivity index (χ0n) is 37.8. The molecule has 6 unspecified atom stereocenters. The molecule has 13 nitrogen and oxygen atoms in total. The first kappa shape index (κ1) is 57.8. The van der Waals surface area contributed by atoms with E-state index in [1.165, 1.54) is 38.5 Å². The minimum absolute atomic E-state index is 0.0408. The van der Waals surface area contributed by atoms with E-state index in [9.17, 15) is 44.6 Å². The first-order valence-electron chi connectivity index (χ1n) is 23.0. The Labute approximate surface area is 377 Å². The Morgan fingerprint density at radius 3 is 1.44 bits per heavy atom. The van der Waals surface area contributed by atoms with E-state index >= 15 is 0 Å². The maximum Gasteiger partial charge on any atom is 0.472 e. The highest BCUT2D eigenvalue weighted by molar-refractivity contribution is 7.47. The van der Waals surface area contributed by atoms with Crippen LogP contribution in [0, 0.1) is 0 Å². The molecule has 63 heavy (non-hydrogen) atoms. The lowest BCUT2D eigenvalue weighted by atomic mass is 9.85. The van der Waals surface area contributed by atoms with Crippen LogP contribution in [0.4, 0.5) is 0 Å². The SMILES string of the molecule is CC/C=C/C/C=C/C/C=C/C/C=C/C/C=C/C/C=C/CCC(=O)O[C@H](COC(=O)CCCC/C=C/C/C=C/CCCCCCCC)COP(=O)(O)OC1C(O)C(O)C(O)[C@@H](O)C1O. The van der Waals surface area contributed by atoms with Crippen LogP contribution in [0.1, 0.15) is 142 Å². The summed E-state index contributed by atoms with van der Waals surface area (Å²) in [4.78, 5) is 35.6. The van der Waals surface area contributed by atoms with Crippen LogP contribution in [0.3, 0.4) is 0 Å². The number of hydrogen-bond acceptors (Lipinski definition) is 12. The molecule has 0 heterocycles. The highest BCUT2D eigenvalue weighted by Gasteiger charge is 2.51. The van der Waals surface area contributed by atoms with E-state index in [2.05, 4.69) is 92.8 Å². The van der Waals surface area contributed by atoms with Gasteiger partial charge in [0, 0.05) is 12.8 Å². The predicted molar refractivity (Wildman–Crippen MR) is 248 cm³/mol. The molecule has 1 aliphatic rings. The van der Waals surface area contributed by atoms with Crippen LogP contribution >= 0.6 is 7.82 Å². The summed E-state index contributed by atoms with van der Waals surface area (Å²) in [6.45, 7) is 3.07. The smallest absolute Gasteiger partial charge is 0.462 e. The molecule has 0 aromatic heterocycles. The van der Waals surface area contributed by atoms with Crippen LogP contribution in [0.25, 0.3) is 0 Å². The molecule has 1 rings (SSSR count). The van der Waals surface area contributed by atoms with E-state index in [4.69, 9.17) is 18.5 Å². The quantitative estimate of drug-likeness (QED) is 0.0150. The minimum Gasteiger partial charge on any atom is -0.462 e. The van der Waals surface area contributed by atoms with Crippen molar-refractivity contribution < 1.29 is 63.1 Å². The van der Waals surface area contributed by atoms with Gasteiger partial charge in [-0.1, -0.05) is 143 Å². The molecule has 0 aromatic rings. The van der Waals surface area contributed by atoms with E-state index in [-0.39, 0.29) is 12.8 Å². The summed E-state index contributed by atoms with van der Waals surface area (Å²) in [5.41, 5.74) is 0. The van der Waals surface area contributed by atoms with E-state index in [0.717, 1.165) is 57.8 Å². The van der Waals surface area contributed by atoms with Gasteiger partial charge in [0.25, 0.3) is 0 Å². The second-order valence-electron chi connectivity index (χ2n) is 15.5. The Morgan fingerprint density at radius 2 is 0.937 bits per heavy atom. The molecule has 0 aromatic carbocycles. The molecule has 1 saturated carbocycles. The van der Waals surface area contributed by atoms with Crippen molar-refractivity contribution in [2.24, 2.45) is 0 Å². The van der Waals surface area contributed by atoms with Crippen molar-refractivity contribution in [1.29, 1.82) is 0 Å². The second kappa shape index (κ2) is 38.1. The number of rotatable bonds is 36. The zero-order chi connectivity index (χ0) is 46.4. The van der Waals surface area contributed by atoms with E-state index in [1.807, 2.05) is 18.2 Å². The third kappa shape index (κ3) is 30.5. The van der Waals surface area contributed by atoms with Gasteiger partial charge in [-0.05, 0) is 83.5 Å². The Balaban J connectivity index is 2.56. The third-order valence-corrected chi connectivity index (χ3v) is 10.9. The topological polar surface area (TPSA) is 210 Å². The number of unbranched alkanes of at least 4 members (excludes halogenated alkanes) is 8. The summed E-state index contributed by atoms with van der Waals surface area (Å²) >= 11 is 0. The van der Waals surface area contributed by atoms with E-state index in [1.54, 1.807) is 0 Å². The first-order chi connectivity index (χ1) is 30.4. The summed E-state index contributed by atoms with van der Waals surface area (Å²) in [5, 5.41) is 50.1. The molecule has 0 radical (unpaired) electrons. The number of hydrogen-bond donors (Lipinski definition) is 6. The molecule has 0 spiro atoms. The molecule has 0 amide bonds. The van der Waals surface area contributed by atoms with Crippen LogP contribution in [0.5, 0.6) is 0 Å². The van der Waals surface area contributed by atoms with Crippen molar-refractivity contribution in [3.63, 3.8) is 0 Å². The number of esters is 2. The number of phosphoric acid groups is 1. The van der Waals surface area contributed by atoms with Gasteiger partial charge in [-0.25, -0.2) is 4.57 Å². The summed E-state index contributed by atoms with van der Waals surface area (Å²) in [6, 6.07) is 0. The molecule has 6 N–H and O–H groups in total. The van der Waals surface area contributed by atoms with Gasteiger partial charge in [-0.15, -0.1) is 0 Å². The van der Waals surface area contributed by atoms with Crippen molar-refractivity contribution in [3.05, 3.63) is 97.2 Å². The van der Waals surface area contributed by atoms with Crippen molar-refractivity contribution in [2.45, 2.75) is 185 Å². The van der Waals surface area contributed by atoms with E-state index in [0.29, 0.717) is 19.3 Å². The second-order valence-corrected chi connectivity index (χ2v) is 16.9. The van der Waals surface area contributed by atoms with Crippen molar-refractivity contribution >= 4 is 19.8 Å². The number of ether oxygens (including phenoxy) is 2. The molecular formula is C49H79O13P. The normalized spacial score (nSPS) is 22.6. The zero-order valence-corrected chi connectivity index (χ0v) is 38.7. The molecule has 14 heteroatoms. The van der Waals surface area contributed by atoms with Crippen molar-refractivity contribution in [2.75, 3.05) is 13.2 Å². The lowest BCUT2D eigenvalue weighted by Gasteiger charge is -2.41. The van der Waals surface area contributed by atoms with Crippen LogP contribution in [-0.4, -0.2) is 98.3 Å². The summed E-state index contributed by atoms with van der Waals surface area (Å²) in [6.07, 6.45) is 37.6. The number of carbonyl (C=O) groups is 2. The number of phosphoric ester groups is 1. The van der Waals surface area contributed by atoms with Gasteiger partial charge in [-0.3, -0.25) is 18.6 Å². The molecule has 0 bridgehead atoms. The fraction of sp³-hybridized carbons (Fsp3) is 0.633. The monoisotopic (exact) mass is 907 g/mol. The Morgan fingerprint density at radius 1 is 0.508 bits per heavy atom.